The zero-order valence-electron chi connectivity index (χ0n) is 20.1. The lowest BCUT2D eigenvalue weighted by Gasteiger charge is -2.17. The van der Waals surface area contributed by atoms with Gasteiger partial charge in [0.05, 0.1) is 33.5 Å². The van der Waals surface area contributed by atoms with Crippen LogP contribution in [0.2, 0.25) is 0 Å². The van der Waals surface area contributed by atoms with Crippen molar-refractivity contribution in [2.24, 2.45) is 0 Å². The molecular weight excluding hydrogens is 444 g/mol. The molecule has 0 saturated heterocycles. The van der Waals surface area contributed by atoms with Crippen molar-refractivity contribution in [1.29, 1.82) is 0 Å². The fourth-order valence-electron chi connectivity index (χ4n) is 1.61. The molecule has 0 spiro atoms. The molecule has 12 heteroatoms. The lowest BCUT2D eigenvalue weighted by atomic mass is 10.0. The van der Waals surface area contributed by atoms with Crippen molar-refractivity contribution in [2.75, 3.05) is 0 Å². The average Bonchev–Trinajstić information content (AvgIpc) is 2.64. The molecule has 0 radical (unpaired) electrons. The van der Waals surface area contributed by atoms with Gasteiger partial charge in [-0.05, 0) is 95.6 Å². The first-order valence-corrected chi connectivity index (χ1v) is 9.83. The largest absolute Gasteiger partial charge is 0.377 e. The Kier molecular flexibility index (Phi) is 9.90. The fourth-order valence-corrected chi connectivity index (χ4v) is 1.61. The minimum atomic E-state index is -1.18. The first-order chi connectivity index (χ1) is 15.0. The van der Waals surface area contributed by atoms with Crippen molar-refractivity contribution in [3.63, 3.8) is 0 Å². The Morgan fingerprint density at radius 1 is 0.545 bits per heavy atom. The van der Waals surface area contributed by atoms with Crippen LogP contribution in [0, 0.1) is 0 Å². The quantitative estimate of drug-likeness (QED) is 0.376. The van der Waals surface area contributed by atoms with Crippen LogP contribution in [0.1, 0.15) is 93.4 Å². The Hall–Kier alpha value is -2.61. The summed E-state index contributed by atoms with van der Waals surface area (Å²) in [6.07, 6.45) is 0. The molecule has 186 valence electrons. The van der Waals surface area contributed by atoms with Gasteiger partial charge in [0.2, 0.25) is 0 Å². The van der Waals surface area contributed by atoms with E-state index < -0.39 is 40.3 Å². The first-order valence-electron chi connectivity index (χ1n) is 9.83. The zero-order valence-corrected chi connectivity index (χ0v) is 20.1. The van der Waals surface area contributed by atoms with Crippen molar-refractivity contribution in [3.8, 4) is 0 Å². The highest BCUT2D eigenvalue weighted by molar-refractivity contribution is 6.04. The normalized spacial score (nSPS) is 12.3. The van der Waals surface area contributed by atoms with Gasteiger partial charge >= 0.3 is 17.9 Å². The van der Waals surface area contributed by atoms with Crippen LogP contribution in [0.3, 0.4) is 0 Å². The van der Waals surface area contributed by atoms with Crippen LogP contribution in [-0.4, -0.2) is 34.7 Å². The van der Waals surface area contributed by atoms with Crippen molar-refractivity contribution < 1.29 is 58.8 Å². The number of hydrogen-bond acceptors (Lipinski definition) is 12. The Labute approximate surface area is 191 Å². The van der Waals surface area contributed by atoms with E-state index in [4.69, 9.17) is 14.7 Å². The van der Waals surface area contributed by atoms with E-state index in [-0.39, 0.29) is 11.1 Å². The number of carbonyl (C=O) groups is 3. The van der Waals surface area contributed by atoms with Crippen molar-refractivity contribution in [1.82, 2.24) is 0 Å². The summed E-state index contributed by atoms with van der Waals surface area (Å²) >= 11 is 0. The fraction of sp³-hybridized carbons (Fsp3) is 0.571. The van der Waals surface area contributed by atoms with E-state index in [2.05, 4.69) is 29.8 Å². The van der Waals surface area contributed by atoms with E-state index in [1.54, 1.807) is 62.3 Å². The third-order valence-corrected chi connectivity index (χ3v) is 2.88. The molecule has 0 aliphatic carbocycles. The first kappa shape index (κ1) is 28.4. The molecule has 0 fully saturated rings. The summed E-state index contributed by atoms with van der Waals surface area (Å²) in [5.41, 5.74) is -3.26. The van der Waals surface area contributed by atoms with Gasteiger partial charge in [-0.25, -0.2) is 14.4 Å². The van der Waals surface area contributed by atoms with Crippen molar-refractivity contribution in [3.05, 3.63) is 34.9 Å². The molecule has 0 saturated carbocycles. The maximum Gasteiger partial charge on any atom is 0.377 e. The molecule has 1 aromatic carbocycles. The Bertz CT molecular complexity index is 827. The van der Waals surface area contributed by atoms with Gasteiger partial charge in [-0.2, -0.15) is 14.7 Å². The van der Waals surface area contributed by atoms with Gasteiger partial charge in [-0.15, -0.1) is 0 Å². The average molecular weight is 474 g/mol. The Morgan fingerprint density at radius 2 is 0.909 bits per heavy atom. The maximum atomic E-state index is 12.5. The molecule has 0 amide bonds. The molecule has 1 aromatic rings. The van der Waals surface area contributed by atoms with E-state index in [9.17, 15) is 14.4 Å². The molecule has 0 aliphatic rings. The van der Waals surface area contributed by atoms with Gasteiger partial charge < -0.3 is 0 Å². The van der Waals surface area contributed by atoms with Crippen LogP contribution in [0.15, 0.2) is 18.2 Å². The SMILES string of the molecule is CC(C)(C)OOOC(=O)c1ccc(C(=O)OOOC(C)(C)C)c(C(=O)OOOC(C)(C)C)c1. The summed E-state index contributed by atoms with van der Waals surface area (Å²) < 4.78 is 0. The minimum Gasteiger partial charge on any atom is -0.263 e. The third kappa shape index (κ3) is 11.7. The highest BCUT2D eigenvalue weighted by Gasteiger charge is 2.26. The van der Waals surface area contributed by atoms with Crippen molar-refractivity contribution in [2.45, 2.75) is 79.1 Å². The molecular formula is C21H30O12. The van der Waals surface area contributed by atoms with Crippen LogP contribution < -0.4 is 0 Å². The van der Waals surface area contributed by atoms with E-state index >= 15 is 0 Å². The summed E-state index contributed by atoms with van der Waals surface area (Å²) in [6.45, 7) is 14.9. The van der Waals surface area contributed by atoms with E-state index in [1.807, 2.05) is 0 Å². The van der Waals surface area contributed by atoms with Gasteiger partial charge in [-0.3, -0.25) is 14.7 Å². The van der Waals surface area contributed by atoms with Gasteiger partial charge in [-0.1, -0.05) is 0 Å². The van der Waals surface area contributed by atoms with Gasteiger partial charge in [0, 0.05) is 0 Å². The predicted molar refractivity (Wildman–Crippen MR) is 108 cm³/mol. The maximum absolute atomic E-state index is 12.5. The van der Waals surface area contributed by atoms with Gasteiger partial charge in [0.25, 0.3) is 0 Å². The molecule has 0 heterocycles. The van der Waals surface area contributed by atoms with Crippen molar-refractivity contribution >= 4 is 17.9 Å². The van der Waals surface area contributed by atoms with E-state index in [0.29, 0.717) is 0 Å². The van der Waals surface area contributed by atoms with E-state index in [1.165, 1.54) is 6.07 Å². The number of rotatable bonds is 9. The molecule has 0 aliphatic heterocycles. The summed E-state index contributed by atoms with van der Waals surface area (Å²) in [5, 5.41) is 13.4. The summed E-state index contributed by atoms with van der Waals surface area (Å²) in [6, 6.07) is 3.27. The Morgan fingerprint density at radius 3 is 1.30 bits per heavy atom. The minimum absolute atomic E-state index is 0.181. The molecule has 12 nitrogen and oxygen atoms in total. The second kappa shape index (κ2) is 11.5. The Balaban J connectivity index is 3.05. The van der Waals surface area contributed by atoms with Crippen LogP contribution in [-0.2, 0) is 44.4 Å². The number of hydrogen-bond donors (Lipinski definition) is 0. The molecule has 0 bridgehead atoms. The molecule has 0 aromatic heterocycles. The predicted octanol–water partition coefficient (Wildman–Crippen LogP) is 4.14. The van der Waals surface area contributed by atoms with E-state index in [0.717, 1.165) is 12.1 Å². The lowest BCUT2D eigenvalue weighted by Crippen LogP contribution is -2.23. The second-order valence-electron chi connectivity index (χ2n) is 9.66. The van der Waals surface area contributed by atoms with Crippen LogP contribution in [0.5, 0.6) is 0 Å². The third-order valence-electron chi connectivity index (χ3n) is 2.88. The molecule has 0 N–H and O–H groups in total. The summed E-state index contributed by atoms with van der Waals surface area (Å²) in [5.74, 6) is -3.31. The number of carbonyl (C=O) groups excluding carboxylic acids is 3. The molecule has 0 atom stereocenters. The topological polar surface area (TPSA) is 134 Å². The van der Waals surface area contributed by atoms with Crippen LogP contribution in [0.4, 0.5) is 0 Å². The summed E-state index contributed by atoms with van der Waals surface area (Å²) in [4.78, 5) is 65.3. The van der Waals surface area contributed by atoms with Gasteiger partial charge in [0.1, 0.15) is 0 Å². The zero-order chi connectivity index (χ0) is 25.4. The highest BCUT2D eigenvalue weighted by Crippen LogP contribution is 2.19. The monoisotopic (exact) mass is 474 g/mol. The second-order valence-corrected chi connectivity index (χ2v) is 9.66. The van der Waals surface area contributed by atoms with Gasteiger partial charge in [0.15, 0.2) is 0 Å². The lowest BCUT2D eigenvalue weighted by molar-refractivity contribution is -0.511. The smallest absolute Gasteiger partial charge is 0.263 e. The standard InChI is InChI=1S/C21H30O12/c1-19(2,3)28-31-25-16(22)13-10-11-14(17(23)26-32-29-20(4,5)6)15(12-13)18(24)27-33-30-21(7,8)9/h10-12H,1-9H3. The van der Waals surface area contributed by atoms with Crippen LogP contribution >= 0.6 is 0 Å². The highest BCUT2D eigenvalue weighted by atomic mass is 17.5. The molecule has 33 heavy (non-hydrogen) atoms. The number of benzene rings is 1. The molecule has 0 unspecified atom stereocenters. The molecule has 1 rings (SSSR count). The summed E-state index contributed by atoms with van der Waals surface area (Å²) in [7, 11) is 0. The van der Waals surface area contributed by atoms with Crippen LogP contribution in [0.25, 0.3) is 0 Å².